The fraction of sp³-hybridized carbons (Fsp3) is 0.429. The van der Waals surface area contributed by atoms with Gasteiger partial charge >= 0.3 is 12.0 Å². The molecule has 24 heavy (non-hydrogen) atoms. The first-order valence-electron chi connectivity index (χ1n) is 6.99. The van der Waals surface area contributed by atoms with Crippen LogP contribution in [0.1, 0.15) is 19.6 Å². The Labute approximate surface area is 135 Å². The van der Waals surface area contributed by atoms with Crippen LogP contribution in [0.25, 0.3) is 11.2 Å². The minimum atomic E-state index is -1.51. The lowest BCUT2D eigenvalue weighted by Crippen LogP contribution is -2.43. The van der Waals surface area contributed by atoms with E-state index in [0.717, 1.165) is 0 Å². The Kier molecular flexibility index (Phi) is 3.82. The Hall–Kier alpha value is -2.77. The number of rotatable bonds is 3. The smallest absolute Gasteiger partial charge is 0.312 e. The Balaban J connectivity index is 2.02. The molecular weight excluding hydrogens is 321 g/mol. The summed E-state index contributed by atoms with van der Waals surface area (Å²) in [4.78, 5) is 22.4. The number of carbonyl (C=O) groups is 1. The van der Waals surface area contributed by atoms with E-state index in [9.17, 15) is 14.3 Å². The number of nitrogen functional groups attached to an aromatic ring is 1. The number of hydrogen-bond acceptors (Lipinski definition) is 8. The third kappa shape index (κ3) is 2.44. The summed E-state index contributed by atoms with van der Waals surface area (Å²) < 4.78 is 25.7. The number of hydrogen-bond donors (Lipinski definition) is 2. The molecule has 10 heteroatoms. The maximum absolute atomic E-state index is 13.4. The van der Waals surface area contributed by atoms with Crippen LogP contribution < -0.4 is 5.73 Å². The summed E-state index contributed by atoms with van der Waals surface area (Å²) in [5.41, 5.74) is 4.42. The molecule has 0 aromatic carbocycles. The van der Waals surface area contributed by atoms with Crippen LogP contribution >= 0.6 is 0 Å². The van der Waals surface area contributed by atoms with E-state index in [0.29, 0.717) is 0 Å². The number of fused-ring (bicyclic) bond motifs is 1. The van der Waals surface area contributed by atoms with Crippen LogP contribution in [0.4, 0.5) is 10.2 Å². The van der Waals surface area contributed by atoms with Crippen molar-refractivity contribution in [1.29, 1.82) is 0 Å². The molecule has 0 unspecified atom stereocenters. The third-order valence-corrected chi connectivity index (χ3v) is 3.80. The summed E-state index contributed by atoms with van der Waals surface area (Å²) in [6, 6.07) is 0. The predicted molar refractivity (Wildman–Crippen MR) is 78.6 cm³/mol. The number of aliphatic hydroxyl groups excluding tert-OH is 1. The fourth-order valence-electron chi connectivity index (χ4n) is 2.69. The van der Waals surface area contributed by atoms with Gasteiger partial charge in [0.2, 0.25) is 0 Å². The van der Waals surface area contributed by atoms with Crippen LogP contribution in [0.2, 0.25) is 0 Å². The number of ether oxygens (including phenoxy) is 2. The summed E-state index contributed by atoms with van der Waals surface area (Å²) >= 11 is 0. The zero-order valence-corrected chi connectivity index (χ0v) is 12.6. The van der Waals surface area contributed by atoms with Gasteiger partial charge in [-0.25, -0.2) is 4.98 Å². The van der Waals surface area contributed by atoms with E-state index < -0.39 is 36.6 Å². The van der Waals surface area contributed by atoms with Crippen LogP contribution in [0.15, 0.2) is 6.33 Å². The van der Waals surface area contributed by atoms with E-state index in [1.165, 1.54) is 17.8 Å². The van der Waals surface area contributed by atoms with Crippen molar-refractivity contribution in [2.75, 3.05) is 12.3 Å². The Morgan fingerprint density at radius 2 is 2.46 bits per heavy atom. The Bertz CT molecular complexity index is 848. The normalized spacial score (nSPS) is 26.4. The van der Waals surface area contributed by atoms with E-state index in [1.54, 1.807) is 0 Å². The van der Waals surface area contributed by atoms with Crippen molar-refractivity contribution in [1.82, 2.24) is 19.5 Å². The summed E-state index contributed by atoms with van der Waals surface area (Å²) in [6.45, 7) is 0.665. The van der Waals surface area contributed by atoms with Gasteiger partial charge in [0.25, 0.3) is 0 Å². The van der Waals surface area contributed by atoms with Crippen molar-refractivity contribution in [3.05, 3.63) is 12.4 Å². The van der Waals surface area contributed by atoms with E-state index in [-0.39, 0.29) is 23.4 Å². The van der Waals surface area contributed by atoms with Crippen molar-refractivity contribution in [3.8, 4) is 12.3 Å². The molecule has 1 aliphatic heterocycles. The zero-order chi connectivity index (χ0) is 17.5. The zero-order valence-electron chi connectivity index (χ0n) is 12.6. The van der Waals surface area contributed by atoms with Gasteiger partial charge in [0.1, 0.15) is 12.3 Å². The number of nitrogens with zero attached hydrogens (tertiary/aromatic N) is 4. The monoisotopic (exact) mass is 335 g/mol. The van der Waals surface area contributed by atoms with Gasteiger partial charge in [-0.05, 0) is 0 Å². The average molecular weight is 335 g/mol. The number of aromatic nitrogens is 4. The van der Waals surface area contributed by atoms with Gasteiger partial charge in [0.05, 0.1) is 12.9 Å². The molecule has 2 aromatic heterocycles. The lowest BCUT2D eigenvalue weighted by Gasteiger charge is -2.26. The van der Waals surface area contributed by atoms with E-state index >= 15 is 0 Å². The molecular formula is C14H14FN5O4. The van der Waals surface area contributed by atoms with Gasteiger partial charge in [0.15, 0.2) is 22.6 Å². The molecule has 3 N–H and O–H groups in total. The first-order chi connectivity index (χ1) is 11.4. The summed E-state index contributed by atoms with van der Waals surface area (Å²) in [6.07, 6.45) is 4.26. The molecule has 1 saturated heterocycles. The van der Waals surface area contributed by atoms with Crippen molar-refractivity contribution >= 4 is 23.0 Å². The highest BCUT2D eigenvalue weighted by molar-refractivity contribution is 5.81. The van der Waals surface area contributed by atoms with Gasteiger partial charge in [-0.3, -0.25) is 9.36 Å². The molecule has 3 heterocycles. The second kappa shape index (κ2) is 5.70. The maximum atomic E-state index is 13.4. The van der Waals surface area contributed by atoms with Crippen LogP contribution in [0.3, 0.4) is 0 Å². The van der Waals surface area contributed by atoms with Crippen LogP contribution in [0.5, 0.6) is 0 Å². The summed E-state index contributed by atoms with van der Waals surface area (Å²) in [7, 11) is 0. The summed E-state index contributed by atoms with van der Waals surface area (Å²) in [5.74, 6) is 1.65. The molecule has 0 radical (unpaired) electrons. The first kappa shape index (κ1) is 16.1. The van der Waals surface area contributed by atoms with Gasteiger partial charge in [-0.15, -0.1) is 6.42 Å². The number of anilines is 1. The second-order valence-electron chi connectivity index (χ2n) is 5.30. The molecule has 3 rings (SSSR count). The van der Waals surface area contributed by atoms with Gasteiger partial charge in [0, 0.05) is 13.3 Å². The Morgan fingerprint density at radius 1 is 1.71 bits per heavy atom. The number of terminal acetylenes is 1. The fourth-order valence-corrected chi connectivity index (χ4v) is 2.69. The molecule has 0 saturated carbocycles. The van der Waals surface area contributed by atoms with Crippen LogP contribution in [-0.4, -0.2) is 48.9 Å². The number of nitrogens with two attached hydrogens (primary N) is 1. The highest BCUT2D eigenvalue weighted by Gasteiger charge is 2.50. The van der Waals surface area contributed by atoms with Crippen molar-refractivity contribution in [2.45, 2.75) is 31.3 Å². The first-order valence-corrected chi connectivity index (χ1v) is 6.99. The molecule has 1 fully saturated rings. The van der Waals surface area contributed by atoms with E-state index in [1.807, 2.05) is 0 Å². The molecule has 0 amide bonds. The van der Waals surface area contributed by atoms with E-state index in [4.69, 9.17) is 21.6 Å². The van der Waals surface area contributed by atoms with Crippen molar-refractivity contribution in [3.63, 3.8) is 0 Å². The second-order valence-corrected chi connectivity index (χ2v) is 5.30. The van der Waals surface area contributed by atoms with Gasteiger partial charge in [-0.2, -0.15) is 14.4 Å². The average Bonchev–Trinajstić information content (AvgIpc) is 3.08. The SMILES string of the molecule is C#C[C@]1(CO)O[C@@H](n2cnc3c(N)nc(F)nc32)C[C@@H]1OC(C)=O. The lowest BCUT2D eigenvalue weighted by molar-refractivity contribution is -0.156. The molecule has 2 aromatic rings. The molecule has 9 nitrogen and oxygen atoms in total. The number of aliphatic hydroxyl groups is 1. The molecule has 126 valence electrons. The topological polar surface area (TPSA) is 125 Å². The van der Waals surface area contributed by atoms with Crippen LogP contribution in [-0.2, 0) is 14.3 Å². The minimum absolute atomic E-state index is 0.109. The standard InChI is InChI=1S/C14H14FN5O4/c1-3-14(5-21)8(23-7(2)22)4-9(24-14)20-6-17-10-11(16)18-13(15)19-12(10)20/h1,6,8-9,21H,4-5H2,2H3,(H2,16,18,19)/t8-,9+,14+/m0/s1. The molecule has 0 bridgehead atoms. The molecule has 3 atom stereocenters. The van der Waals surface area contributed by atoms with Crippen molar-refractivity contribution in [2.24, 2.45) is 0 Å². The van der Waals surface area contributed by atoms with Crippen molar-refractivity contribution < 1.29 is 23.8 Å². The number of halogens is 1. The largest absolute Gasteiger partial charge is 0.458 e. The van der Waals surface area contributed by atoms with Gasteiger partial charge < -0.3 is 20.3 Å². The van der Waals surface area contributed by atoms with Crippen LogP contribution in [0, 0.1) is 18.4 Å². The minimum Gasteiger partial charge on any atom is -0.458 e. The maximum Gasteiger partial charge on any atom is 0.312 e. The summed E-state index contributed by atoms with van der Waals surface area (Å²) in [5, 5.41) is 9.63. The lowest BCUT2D eigenvalue weighted by atomic mass is 9.98. The Morgan fingerprint density at radius 3 is 3.08 bits per heavy atom. The third-order valence-electron chi connectivity index (χ3n) is 3.80. The molecule has 0 aliphatic carbocycles. The quantitative estimate of drug-likeness (QED) is 0.447. The molecule has 0 spiro atoms. The molecule has 1 aliphatic rings. The number of imidazole rings is 1. The number of carbonyl (C=O) groups excluding carboxylic acids is 1. The highest BCUT2D eigenvalue weighted by Crippen LogP contribution is 2.39. The highest BCUT2D eigenvalue weighted by atomic mass is 19.1. The van der Waals surface area contributed by atoms with Gasteiger partial charge in [-0.1, -0.05) is 5.92 Å². The predicted octanol–water partition coefficient (Wildman–Crippen LogP) is -0.238. The number of esters is 1. The van der Waals surface area contributed by atoms with E-state index in [2.05, 4.69) is 20.9 Å².